The second-order valence-electron chi connectivity index (χ2n) is 7.49. The molecule has 1 N–H and O–H groups in total. The van der Waals surface area contributed by atoms with Gasteiger partial charge in [-0.05, 0) is 54.6 Å². The average Bonchev–Trinajstić information content (AvgIpc) is 2.84. The summed E-state index contributed by atoms with van der Waals surface area (Å²) >= 11 is 6.54. The van der Waals surface area contributed by atoms with Gasteiger partial charge in [0.15, 0.2) is 0 Å². The van der Waals surface area contributed by atoms with Crippen LogP contribution in [0.2, 0.25) is 5.02 Å². The van der Waals surface area contributed by atoms with Crippen LogP contribution in [-0.2, 0) is 0 Å². The summed E-state index contributed by atoms with van der Waals surface area (Å²) in [6, 6.07) is 21.7. The van der Waals surface area contributed by atoms with Crippen LogP contribution in [0.5, 0.6) is 5.75 Å². The number of carbonyl (C=O) groups excluding carboxylic acids is 2. The molecule has 2 amide bonds. The standard InChI is InChI=1S/C25H24ClN3O3/c1-32-21-10-7-18(8-11-21)24(30)27-20-9-12-23(22(26)17-20)28-13-15-29(16-14-28)25(31)19-5-3-2-4-6-19/h2-12,17H,13-16H2,1H3,(H,27,30). The first-order valence-electron chi connectivity index (χ1n) is 10.4. The van der Waals surface area contributed by atoms with Gasteiger partial charge in [0.05, 0.1) is 17.8 Å². The number of ether oxygens (including phenoxy) is 1. The van der Waals surface area contributed by atoms with Crippen molar-refractivity contribution in [3.05, 3.63) is 88.9 Å². The van der Waals surface area contributed by atoms with Crippen LogP contribution in [0.15, 0.2) is 72.8 Å². The third-order valence-corrected chi connectivity index (χ3v) is 5.79. The van der Waals surface area contributed by atoms with Crippen LogP contribution >= 0.6 is 11.6 Å². The minimum atomic E-state index is -0.218. The molecule has 1 aliphatic heterocycles. The van der Waals surface area contributed by atoms with Crippen molar-refractivity contribution in [2.45, 2.75) is 0 Å². The molecule has 0 atom stereocenters. The monoisotopic (exact) mass is 449 g/mol. The molecule has 1 aliphatic rings. The predicted molar refractivity (Wildman–Crippen MR) is 127 cm³/mol. The fourth-order valence-electron chi connectivity index (χ4n) is 3.70. The Morgan fingerprint density at radius 2 is 1.56 bits per heavy atom. The Morgan fingerprint density at radius 3 is 2.19 bits per heavy atom. The van der Waals surface area contributed by atoms with Crippen molar-refractivity contribution in [3.63, 3.8) is 0 Å². The third-order valence-electron chi connectivity index (χ3n) is 5.49. The van der Waals surface area contributed by atoms with Gasteiger partial charge in [-0.15, -0.1) is 0 Å². The van der Waals surface area contributed by atoms with E-state index in [2.05, 4.69) is 10.2 Å². The molecule has 0 saturated carbocycles. The Morgan fingerprint density at radius 1 is 0.875 bits per heavy atom. The van der Waals surface area contributed by atoms with Gasteiger partial charge in [-0.1, -0.05) is 29.8 Å². The van der Waals surface area contributed by atoms with E-state index >= 15 is 0 Å². The molecule has 3 aromatic carbocycles. The van der Waals surface area contributed by atoms with Crippen LogP contribution in [0.25, 0.3) is 0 Å². The molecule has 0 unspecified atom stereocenters. The van der Waals surface area contributed by atoms with Gasteiger partial charge >= 0.3 is 0 Å². The summed E-state index contributed by atoms with van der Waals surface area (Å²) in [5.41, 5.74) is 2.75. The summed E-state index contributed by atoms with van der Waals surface area (Å²) in [5.74, 6) is 0.525. The van der Waals surface area contributed by atoms with E-state index in [0.29, 0.717) is 53.8 Å². The lowest BCUT2D eigenvalue weighted by molar-refractivity contribution is 0.0746. The first kappa shape index (κ1) is 21.7. The Balaban J connectivity index is 1.37. The number of hydrogen-bond acceptors (Lipinski definition) is 4. The zero-order valence-corrected chi connectivity index (χ0v) is 18.5. The highest BCUT2D eigenvalue weighted by atomic mass is 35.5. The normalized spacial score (nSPS) is 13.6. The van der Waals surface area contributed by atoms with E-state index in [1.165, 1.54) is 0 Å². The molecule has 4 rings (SSSR count). The lowest BCUT2D eigenvalue weighted by Crippen LogP contribution is -2.48. The first-order valence-corrected chi connectivity index (χ1v) is 10.8. The molecule has 6 nitrogen and oxygen atoms in total. The van der Waals surface area contributed by atoms with Crippen molar-refractivity contribution >= 4 is 34.8 Å². The summed E-state index contributed by atoms with van der Waals surface area (Å²) in [4.78, 5) is 29.2. The Labute approximate surface area is 192 Å². The topological polar surface area (TPSA) is 61.9 Å². The van der Waals surface area contributed by atoms with Gasteiger partial charge in [0, 0.05) is 43.0 Å². The van der Waals surface area contributed by atoms with Gasteiger partial charge in [-0.3, -0.25) is 9.59 Å². The van der Waals surface area contributed by atoms with Gasteiger partial charge in [0.1, 0.15) is 5.75 Å². The highest BCUT2D eigenvalue weighted by molar-refractivity contribution is 6.33. The Bertz CT molecular complexity index is 1100. The van der Waals surface area contributed by atoms with Gasteiger partial charge in [-0.25, -0.2) is 0 Å². The van der Waals surface area contributed by atoms with Crippen LogP contribution in [0, 0.1) is 0 Å². The number of nitrogens with one attached hydrogen (secondary N) is 1. The summed E-state index contributed by atoms with van der Waals surface area (Å²) in [5, 5.41) is 3.43. The van der Waals surface area contributed by atoms with Gasteiger partial charge in [0.25, 0.3) is 11.8 Å². The number of methoxy groups -OCH3 is 1. The molecule has 1 saturated heterocycles. The van der Waals surface area contributed by atoms with Crippen LogP contribution in [0.3, 0.4) is 0 Å². The second-order valence-corrected chi connectivity index (χ2v) is 7.90. The molecular formula is C25H24ClN3O3. The molecule has 32 heavy (non-hydrogen) atoms. The molecular weight excluding hydrogens is 426 g/mol. The van der Waals surface area contributed by atoms with E-state index in [1.54, 1.807) is 37.4 Å². The summed E-state index contributed by atoms with van der Waals surface area (Å²) in [6.45, 7) is 2.63. The van der Waals surface area contributed by atoms with Crippen molar-refractivity contribution in [2.24, 2.45) is 0 Å². The maximum atomic E-state index is 12.6. The Hall–Kier alpha value is -3.51. The lowest BCUT2D eigenvalue weighted by atomic mass is 10.1. The van der Waals surface area contributed by atoms with Crippen molar-refractivity contribution < 1.29 is 14.3 Å². The highest BCUT2D eigenvalue weighted by Crippen LogP contribution is 2.30. The number of carbonyl (C=O) groups is 2. The summed E-state index contributed by atoms with van der Waals surface area (Å²) in [6.07, 6.45) is 0. The van der Waals surface area contributed by atoms with Gasteiger partial charge in [0.2, 0.25) is 0 Å². The smallest absolute Gasteiger partial charge is 0.255 e. The van der Waals surface area contributed by atoms with E-state index in [1.807, 2.05) is 47.4 Å². The number of rotatable bonds is 5. The fourth-order valence-corrected chi connectivity index (χ4v) is 4.00. The van der Waals surface area contributed by atoms with Gasteiger partial charge in [-0.2, -0.15) is 0 Å². The molecule has 164 valence electrons. The minimum absolute atomic E-state index is 0.0490. The fraction of sp³-hybridized carbons (Fsp3) is 0.200. The van der Waals surface area contributed by atoms with E-state index in [9.17, 15) is 9.59 Å². The van der Waals surface area contributed by atoms with Crippen LogP contribution < -0.4 is 15.0 Å². The van der Waals surface area contributed by atoms with E-state index in [4.69, 9.17) is 16.3 Å². The lowest BCUT2D eigenvalue weighted by Gasteiger charge is -2.36. The van der Waals surface area contributed by atoms with Crippen LogP contribution in [0.4, 0.5) is 11.4 Å². The number of nitrogens with zero attached hydrogens (tertiary/aromatic N) is 2. The quantitative estimate of drug-likeness (QED) is 0.620. The maximum Gasteiger partial charge on any atom is 0.255 e. The highest BCUT2D eigenvalue weighted by Gasteiger charge is 2.23. The van der Waals surface area contributed by atoms with Crippen LogP contribution in [-0.4, -0.2) is 50.0 Å². The molecule has 0 aromatic heterocycles. The maximum absolute atomic E-state index is 12.6. The van der Waals surface area contributed by atoms with Crippen molar-refractivity contribution in [2.75, 3.05) is 43.5 Å². The molecule has 3 aromatic rings. The number of anilines is 2. The molecule has 0 aliphatic carbocycles. The van der Waals surface area contributed by atoms with E-state index < -0.39 is 0 Å². The van der Waals surface area contributed by atoms with Crippen LogP contribution in [0.1, 0.15) is 20.7 Å². The third kappa shape index (κ3) is 4.86. The zero-order chi connectivity index (χ0) is 22.5. The SMILES string of the molecule is COc1ccc(C(=O)Nc2ccc(N3CCN(C(=O)c4ccccc4)CC3)c(Cl)c2)cc1. The second kappa shape index (κ2) is 9.75. The van der Waals surface area contributed by atoms with Gasteiger partial charge < -0.3 is 19.9 Å². The Kier molecular flexibility index (Phi) is 6.61. The summed E-state index contributed by atoms with van der Waals surface area (Å²) in [7, 11) is 1.58. The van der Waals surface area contributed by atoms with Crippen molar-refractivity contribution in [1.82, 2.24) is 4.90 Å². The minimum Gasteiger partial charge on any atom is -0.497 e. The first-order chi connectivity index (χ1) is 15.5. The molecule has 0 bridgehead atoms. The zero-order valence-electron chi connectivity index (χ0n) is 17.8. The number of amides is 2. The number of benzene rings is 3. The molecule has 1 fully saturated rings. The van der Waals surface area contributed by atoms with Crippen molar-refractivity contribution in [3.8, 4) is 5.75 Å². The molecule has 1 heterocycles. The summed E-state index contributed by atoms with van der Waals surface area (Å²) < 4.78 is 5.12. The number of halogens is 1. The van der Waals surface area contributed by atoms with E-state index in [-0.39, 0.29) is 11.8 Å². The average molecular weight is 450 g/mol. The van der Waals surface area contributed by atoms with Crippen molar-refractivity contribution in [1.29, 1.82) is 0 Å². The molecule has 7 heteroatoms. The molecule has 0 spiro atoms. The molecule has 0 radical (unpaired) electrons. The number of piperazine rings is 1. The number of hydrogen-bond donors (Lipinski definition) is 1. The largest absolute Gasteiger partial charge is 0.497 e. The van der Waals surface area contributed by atoms with E-state index in [0.717, 1.165) is 5.69 Å². The predicted octanol–water partition coefficient (Wildman–Crippen LogP) is 4.56.